The highest BCUT2D eigenvalue weighted by Gasteiger charge is 2.24. The summed E-state index contributed by atoms with van der Waals surface area (Å²) < 4.78 is 0. The Morgan fingerprint density at radius 1 is 1.17 bits per heavy atom. The van der Waals surface area contributed by atoms with Crippen molar-refractivity contribution in [1.29, 1.82) is 0 Å². The summed E-state index contributed by atoms with van der Waals surface area (Å²) in [7, 11) is 0. The monoisotopic (exact) mass is 247 g/mol. The Balaban J connectivity index is 1.98. The lowest BCUT2D eigenvalue weighted by molar-refractivity contribution is 0.0444. The van der Waals surface area contributed by atoms with Crippen molar-refractivity contribution >= 4 is 0 Å². The fourth-order valence-corrected chi connectivity index (χ4v) is 2.64. The lowest BCUT2D eigenvalue weighted by Crippen LogP contribution is -2.28. The second-order valence-electron chi connectivity index (χ2n) is 6.05. The van der Waals surface area contributed by atoms with Gasteiger partial charge in [-0.2, -0.15) is 0 Å². The Morgan fingerprint density at radius 2 is 1.94 bits per heavy atom. The van der Waals surface area contributed by atoms with Crippen molar-refractivity contribution in [2.24, 2.45) is 0 Å². The zero-order chi connectivity index (χ0) is 13.2. The van der Waals surface area contributed by atoms with Crippen LogP contribution in [0.1, 0.15) is 42.9 Å². The summed E-state index contributed by atoms with van der Waals surface area (Å²) in [5, 5.41) is 10.1. The Morgan fingerprint density at radius 3 is 2.67 bits per heavy atom. The van der Waals surface area contributed by atoms with E-state index in [9.17, 15) is 5.11 Å². The van der Waals surface area contributed by atoms with Gasteiger partial charge in [-0.05, 0) is 63.3 Å². The van der Waals surface area contributed by atoms with Crippen LogP contribution in [0.5, 0.6) is 0 Å². The van der Waals surface area contributed by atoms with Crippen molar-refractivity contribution in [3.05, 3.63) is 34.9 Å². The van der Waals surface area contributed by atoms with Crippen LogP contribution in [-0.4, -0.2) is 28.7 Å². The molecule has 0 amide bonds. The van der Waals surface area contributed by atoms with Crippen LogP contribution in [0.25, 0.3) is 0 Å². The quantitative estimate of drug-likeness (QED) is 0.868. The van der Waals surface area contributed by atoms with Crippen molar-refractivity contribution in [1.82, 2.24) is 4.90 Å². The topological polar surface area (TPSA) is 23.5 Å². The van der Waals surface area contributed by atoms with Gasteiger partial charge in [0.1, 0.15) is 0 Å². The molecule has 0 saturated carbocycles. The molecule has 1 unspecified atom stereocenters. The van der Waals surface area contributed by atoms with Gasteiger partial charge in [0, 0.05) is 13.1 Å². The van der Waals surface area contributed by atoms with Gasteiger partial charge < -0.3 is 5.11 Å². The Hall–Kier alpha value is -0.860. The van der Waals surface area contributed by atoms with Gasteiger partial charge in [-0.15, -0.1) is 0 Å². The number of hydrogen-bond donors (Lipinski definition) is 1. The summed E-state index contributed by atoms with van der Waals surface area (Å²) in [5.74, 6) is 0. The molecule has 0 radical (unpaired) electrons. The number of hydrogen-bond acceptors (Lipinski definition) is 2. The highest BCUT2D eigenvalue weighted by atomic mass is 16.3. The molecule has 1 aromatic carbocycles. The summed E-state index contributed by atoms with van der Waals surface area (Å²) >= 11 is 0. The first kappa shape index (κ1) is 13.6. The third-order valence-electron chi connectivity index (χ3n) is 4.13. The molecule has 0 aromatic heterocycles. The minimum Gasteiger partial charge on any atom is -0.390 e. The lowest BCUT2D eigenvalue weighted by atomic mass is 9.98. The highest BCUT2D eigenvalue weighted by molar-refractivity contribution is 5.29. The predicted molar refractivity (Wildman–Crippen MR) is 75.7 cm³/mol. The predicted octanol–water partition coefficient (Wildman–Crippen LogP) is 3.04. The number of aliphatic hydroxyl groups is 1. The molecule has 0 aliphatic carbocycles. The van der Waals surface area contributed by atoms with E-state index in [4.69, 9.17) is 0 Å². The molecule has 1 saturated heterocycles. The number of aryl methyl sites for hydroxylation is 2. The van der Waals surface area contributed by atoms with Crippen LogP contribution in [0.3, 0.4) is 0 Å². The van der Waals surface area contributed by atoms with Gasteiger partial charge in [0.25, 0.3) is 0 Å². The summed E-state index contributed by atoms with van der Waals surface area (Å²) in [6, 6.07) is 6.72. The van der Waals surface area contributed by atoms with Gasteiger partial charge in [0.15, 0.2) is 0 Å². The molecule has 1 fully saturated rings. The minimum absolute atomic E-state index is 0.460. The average molecular weight is 247 g/mol. The van der Waals surface area contributed by atoms with Crippen LogP contribution in [0.2, 0.25) is 0 Å². The fourth-order valence-electron chi connectivity index (χ4n) is 2.64. The standard InChI is InChI=1S/C16H25NO/c1-13-5-6-15(11-14(13)2)12-17-9-4-7-16(3,18)8-10-17/h5-6,11,18H,4,7-10,12H2,1-3H3. The van der Waals surface area contributed by atoms with Gasteiger partial charge in [0.05, 0.1) is 5.60 Å². The van der Waals surface area contributed by atoms with E-state index in [1.165, 1.54) is 16.7 Å². The van der Waals surface area contributed by atoms with Crippen molar-refractivity contribution in [2.45, 2.75) is 52.2 Å². The normalized spacial score (nSPS) is 26.0. The third-order valence-corrected chi connectivity index (χ3v) is 4.13. The van der Waals surface area contributed by atoms with Crippen LogP contribution in [0.15, 0.2) is 18.2 Å². The first-order valence-electron chi connectivity index (χ1n) is 6.97. The first-order chi connectivity index (χ1) is 8.46. The summed E-state index contributed by atoms with van der Waals surface area (Å²) in [5.41, 5.74) is 3.66. The fraction of sp³-hybridized carbons (Fsp3) is 0.625. The second-order valence-corrected chi connectivity index (χ2v) is 6.05. The molecule has 1 atom stereocenters. The second kappa shape index (κ2) is 5.41. The summed E-state index contributed by atoms with van der Waals surface area (Å²) in [6.07, 6.45) is 2.91. The zero-order valence-corrected chi connectivity index (χ0v) is 11.9. The molecule has 100 valence electrons. The number of rotatable bonds is 2. The van der Waals surface area contributed by atoms with E-state index in [2.05, 4.69) is 36.9 Å². The molecular weight excluding hydrogens is 222 g/mol. The van der Waals surface area contributed by atoms with Crippen LogP contribution >= 0.6 is 0 Å². The van der Waals surface area contributed by atoms with E-state index in [1.807, 2.05) is 6.92 Å². The minimum atomic E-state index is -0.460. The maximum absolute atomic E-state index is 10.1. The molecule has 2 heteroatoms. The lowest BCUT2D eigenvalue weighted by Gasteiger charge is -2.22. The van der Waals surface area contributed by atoms with Gasteiger partial charge in [-0.1, -0.05) is 18.2 Å². The molecule has 18 heavy (non-hydrogen) atoms. The first-order valence-corrected chi connectivity index (χ1v) is 6.97. The summed E-state index contributed by atoms with van der Waals surface area (Å²) in [6.45, 7) is 9.40. The maximum atomic E-state index is 10.1. The van der Waals surface area contributed by atoms with Gasteiger partial charge >= 0.3 is 0 Å². The Kier molecular flexibility index (Phi) is 4.08. The van der Waals surface area contributed by atoms with Crippen molar-refractivity contribution in [2.75, 3.05) is 13.1 Å². The van der Waals surface area contributed by atoms with Gasteiger partial charge in [-0.25, -0.2) is 0 Å². The van der Waals surface area contributed by atoms with Crippen LogP contribution < -0.4 is 0 Å². The molecule has 1 aliphatic heterocycles. The molecule has 1 aliphatic rings. The van der Waals surface area contributed by atoms with Crippen molar-refractivity contribution in [3.63, 3.8) is 0 Å². The third kappa shape index (κ3) is 3.56. The molecule has 1 aromatic rings. The molecule has 2 rings (SSSR count). The molecule has 0 spiro atoms. The van der Waals surface area contributed by atoms with Crippen LogP contribution in [0.4, 0.5) is 0 Å². The highest BCUT2D eigenvalue weighted by Crippen LogP contribution is 2.22. The Labute approximate surface area is 111 Å². The number of likely N-dealkylation sites (tertiary alicyclic amines) is 1. The zero-order valence-electron chi connectivity index (χ0n) is 11.9. The Bertz CT molecular complexity index is 412. The van der Waals surface area contributed by atoms with E-state index >= 15 is 0 Å². The SMILES string of the molecule is Cc1ccc(CN2CCCC(C)(O)CC2)cc1C. The molecular formula is C16H25NO. The van der Waals surface area contributed by atoms with E-state index in [0.29, 0.717) is 0 Å². The van der Waals surface area contributed by atoms with Crippen molar-refractivity contribution < 1.29 is 5.11 Å². The van der Waals surface area contributed by atoms with E-state index in [0.717, 1.165) is 38.9 Å². The average Bonchev–Trinajstić information content (AvgIpc) is 2.46. The maximum Gasteiger partial charge on any atom is 0.0632 e. The number of nitrogens with zero attached hydrogens (tertiary/aromatic N) is 1. The van der Waals surface area contributed by atoms with Crippen molar-refractivity contribution in [3.8, 4) is 0 Å². The molecule has 0 bridgehead atoms. The van der Waals surface area contributed by atoms with Crippen LogP contribution in [0, 0.1) is 13.8 Å². The van der Waals surface area contributed by atoms with Gasteiger partial charge in [0.2, 0.25) is 0 Å². The molecule has 2 nitrogen and oxygen atoms in total. The van der Waals surface area contributed by atoms with E-state index < -0.39 is 5.60 Å². The molecule has 1 heterocycles. The van der Waals surface area contributed by atoms with Gasteiger partial charge in [-0.3, -0.25) is 4.90 Å². The smallest absolute Gasteiger partial charge is 0.0632 e. The van der Waals surface area contributed by atoms with Crippen LogP contribution in [-0.2, 0) is 6.54 Å². The number of benzene rings is 1. The summed E-state index contributed by atoms with van der Waals surface area (Å²) in [4.78, 5) is 2.46. The molecule has 1 N–H and O–H groups in total. The van der Waals surface area contributed by atoms with E-state index in [-0.39, 0.29) is 0 Å². The largest absolute Gasteiger partial charge is 0.390 e. The van der Waals surface area contributed by atoms with E-state index in [1.54, 1.807) is 0 Å².